The Kier molecular flexibility index (Phi) is 4.11. The molecule has 0 saturated carbocycles. The second-order valence-corrected chi connectivity index (χ2v) is 4.50. The molecule has 5 nitrogen and oxygen atoms in total. The summed E-state index contributed by atoms with van der Waals surface area (Å²) in [5, 5.41) is 4.02. The highest BCUT2D eigenvalue weighted by atomic mass is 79.9. The van der Waals surface area contributed by atoms with Crippen molar-refractivity contribution in [2.24, 2.45) is 0 Å². The van der Waals surface area contributed by atoms with Gasteiger partial charge in [0.25, 0.3) is 0 Å². The van der Waals surface area contributed by atoms with Crippen LogP contribution < -0.4 is 5.43 Å². The molecule has 0 unspecified atom stereocenters. The summed E-state index contributed by atoms with van der Waals surface area (Å²) >= 11 is 3.39. The molecule has 0 amide bonds. The van der Waals surface area contributed by atoms with Crippen molar-refractivity contribution in [3.05, 3.63) is 56.9 Å². The number of benzene rings is 1. The zero-order chi connectivity index (χ0) is 13.8. The molecule has 0 aliphatic carbocycles. The van der Waals surface area contributed by atoms with Crippen molar-refractivity contribution in [2.45, 2.75) is 6.92 Å². The minimum Gasteiger partial charge on any atom is -0.461 e. The van der Waals surface area contributed by atoms with Gasteiger partial charge in [-0.3, -0.25) is 4.79 Å². The quantitative estimate of drug-likeness (QED) is 0.812. The van der Waals surface area contributed by atoms with E-state index < -0.39 is 11.4 Å². The number of para-hydroxylation sites is 1. The molecule has 98 valence electrons. The third kappa shape index (κ3) is 2.90. The number of esters is 1. The van der Waals surface area contributed by atoms with Crippen molar-refractivity contribution >= 4 is 21.9 Å². The Morgan fingerprint density at radius 3 is 2.79 bits per heavy atom. The number of aromatic nitrogens is 2. The maximum atomic E-state index is 11.6. The number of ether oxygens (including phenoxy) is 1. The molecule has 0 aliphatic rings. The number of carbonyl (C=O) groups excluding carboxylic acids is 1. The molecule has 0 bridgehead atoms. The van der Waals surface area contributed by atoms with Gasteiger partial charge in [-0.2, -0.15) is 5.10 Å². The lowest BCUT2D eigenvalue weighted by Gasteiger charge is -2.08. The maximum Gasteiger partial charge on any atom is 0.362 e. The number of hydrogen-bond donors (Lipinski definition) is 0. The van der Waals surface area contributed by atoms with Gasteiger partial charge in [0.2, 0.25) is 11.1 Å². The van der Waals surface area contributed by atoms with Crippen LogP contribution in [0.3, 0.4) is 0 Å². The van der Waals surface area contributed by atoms with Gasteiger partial charge >= 0.3 is 5.97 Å². The van der Waals surface area contributed by atoms with Gasteiger partial charge in [-0.15, -0.1) is 0 Å². The van der Waals surface area contributed by atoms with Gasteiger partial charge in [-0.25, -0.2) is 9.48 Å². The number of carbonyl (C=O) groups is 1. The average Bonchev–Trinajstić information content (AvgIpc) is 2.40. The molecule has 6 heteroatoms. The molecule has 0 fully saturated rings. The van der Waals surface area contributed by atoms with Crippen LogP contribution in [0.5, 0.6) is 0 Å². The van der Waals surface area contributed by atoms with E-state index >= 15 is 0 Å². The van der Waals surface area contributed by atoms with Crippen LogP contribution in [0.15, 0.2) is 45.8 Å². The molecule has 1 aromatic heterocycles. The maximum absolute atomic E-state index is 11.6. The van der Waals surface area contributed by atoms with E-state index in [1.165, 1.54) is 16.9 Å². The molecule has 0 aliphatic heterocycles. The molecular weight excluding hydrogens is 312 g/mol. The number of rotatable bonds is 3. The normalized spacial score (nSPS) is 10.2. The van der Waals surface area contributed by atoms with Crippen LogP contribution >= 0.6 is 15.9 Å². The highest BCUT2D eigenvalue weighted by Gasteiger charge is 2.14. The van der Waals surface area contributed by atoms with E-state index in [1.54, 1.807) is 6.92 Å². The smallest absolute Gasteiger partial charge is 0.362 e. The van der Waals surface area contributed by atoms with Crippen LogP contribution in [0, 0.1) is 0 Å². The fraction of sp³-hybridized carbons (Fsp3) is 0.154. The van der Waals surface area contributed by atoms with E-state index in [-0.39, 0.29) is 12.3 Å². The lowest BCUT2D eigenvalue weighted by atomic mass is 10.3. The van der Waals surface area contributed by atoms with Crippen molar-refractivity contribution in [1.82, 2.24) is 9.78 Å². The summed E-state index contributed by atoms with van der Waals surface area (Å²) in [6.45, 7) is 1.87. The molecule has 2 rings (SSSR count). The molecule has 1 heterocycles. The fourth-order valence-corrected chi connectivity index (χ4v) is 1.99. The summed E-state index contributed by atoms with van der Waals surface area (Å²) in [5.74, 6) is -0.714. The second kappa shape index (κ2) is 5.79. The van der Waals surface area contributed by atoms with Crippen molar-refractivity contribution in [2.75, 3.05) is 6.61 Å². The molecular formula is C13H11BrN2O3. The second-order valence-electron chi connectivity index (χ2n) is 3.65. The molecule has 1 aromatic carbocycles. The zero-order valence-corrected chi connectivity index (χ0v) is 11.8. The lowest BCUT2D eigenvalue weighted by molar-refractivity contribution is 0.0515. The summed E-state index contributed by atoms with van der Waals surface area (Å²) in [6.07, 6.45) is 1.51. The number of halogens is 1. The van der Waals surface area contributed by atoms with E-state index in [1.807, 2.05) is 24.3 Å². The van der Waals surface area contributed by atoms with E-state index in [4.69, 9.17) is 4.74 Å². The Morgan fingerprint density at radius 2 is 2.11 bits per heavy atom. The molecule has 0 radical (unpaired) electrons. The van der Waals surface area contributed by atoms with Crippen LogP contribution in [0.1, 0.15) is 17.4 Å². The monoisotopic (exact) mass is 322 g/mol. The van der Waals surface area contributed by atoms with Gasteiger partial charge in [0.15, 0.2) is 0 Å². The summed E-state index contributed by atoms with van der Waals surface area (Å²) in [4.78, 5) is 23.2. The first-order valence-electron chi connectivity index (χ1n) is 5.65. The Bertz CT molecular complexity index is 667. The highest BCUT2D eigenvalue weighted by Crippen LogP contribution is 2.18. The van der Waals surface area contributed by atoms with Gasteiger partial charge in [0.1, 0.15) is 0 Å². The van der Waals surface area contributed by atoms with Crippen LogP contribution in [0.4, 0.5) is 0 Å². The van der Waals surface area contributed by atoms with Gasteiger partial charge in [-0.05, 0) is 35.0 Å². The van der Waals surface area contributed by atoms with Gasteiger partial charge in [0, 0.05) is 16.7 Å². The summed E-state index contributed by atoms with van der Waals surface area (Å²) in [5.41, 5.74) is 0.0508. The van der Waals surface area contributed by atoms with Crippen LogP contribution in [-0.2, 0) is 4.74 Å². The van der Waals surface area contributed by atoms with Crippen molar-refractivity contribution in [3.63, 3.8) is 0 Å². The first-order chi connectivity index (χ1) is 9.13. The van der Waals surface area contributed by atoms with E-state index in [0.29, 0.717) is 0 Å². The largest absolute Gasteiger partial charge is 0.461 e. The van der Waals surface area contributed by atoms with Crippen molar-refractivity contribution < 1.29 is 9.53 Å². The Morgan fingerprint density at radius 1 is 1.37 bits per heavy atom. The topological polar surface area (TPSA) is 61.2 Å². The summed E-state index contributed by atoms with van der Waals surface area (Å²) in [7, 11) is 0. The minimum atomic E-state index is -0.714. The highest BCUT2D eigenvalue weighted by molar-refractivity contribution is 9.10. The molecule has 2 aromatic rings. The van der Waals surface area contributed by atoms with Gasteiger partial charge in [0.05, 0.1) is 12.3 Å². The summed E-state index contributed by atoms with van der Waals surface area (Å²) in [6, 6.07) is 8.65. The van der Waals surface area contributed by atoms with Crippen LogP contribution in [0.25, 0.3) is 5.69 Å². The summed E-state index contributed by atoms with van der Waals surface area (Å²) < 4.78 is 7.07. The Balaban J connectivity index is 2.50. The van der Waals surface area contributed by atoms with E-state index in [0.717, 1.165) is 10.2 Å². The van der Waals surface area contributed by atoms with Crippen LogP contribution in [-0.4, -0.2) is 22.4 Å². The predicted molar refractivity (Wildman–Crippen MR) is 73.5 cm³/mol. The number of nitrogens with zero attached hydrogens (tertiary/aromatic N) is 2. The van der Waals surface area contributed by atoms with E-state index in [2.05, 4.69) is 21.0 Å². The molecule has 0 saturated heterocycles. The van der Waals surface area contributed by atoms with E-state index in [9.17, 15) is 9.59 Å². The molecule has 0 atom stereocenters. The minimum absolute atomic E-state index is 0.198. The Hall–Kier alpha value is -1.95. The van der Waals surface area contributed by atoms with Crippen molar-refractivity contribution in [1.29, 1.82) is 0 Å². The first-order valence-corrected chi connectivity index (χ1v) is 6.44. The zero-order valence-electron chi connectivity index (χ0n) is 10.2. The molecule has 0 spiro atoms. The van der Waals surface area contributed by atoms with Crippen LogP contribution in [0.2, 0.25) is 0 Å². The first kappa shape index (κ1) is 13.5. The third-order valence-corrected chi connectivity index (χ3v) is 3.05. The Labute approximate surface area is 118 Å². The van der Waals surface area contributed by atoms with Gasteiger partial charge < -0.3 is 4.74 Å². The predicted octanol–water partition coefficient (Wildman–Crippen LogP) is 2.17. The third-order valence-electron chi connectivity index (χ3n) is 2.38. The SMILES string of the molecule is CCOC(=O)c1nn(-c2ccccc2Br)ccc1=O. The lowest BCUT2D eigenvalue weighted by Crippen LogP contribution is -2.22. The standard InChI is InChI=1S/C13H11BrN2O3/c1-2-19-13(18)12-11(17)7-8-16(15-12)10-6-4-3-5-9(10)14/h3-8H,2H2,1H3. The van der Waals surface area contributed by atoms with Crippen molar-refractivity contribution in [3.8, 4) is 5.69 Å². The fourth-order valence-electron chi connectivity index (χ4n) is 1.52. The van der Waals surface area contributed by atoms with Gasteiger partial charge in [-0.1, -0.05) is 12.1 Å². The molecule has 0 N–H and O–H groups in total. The number of hydrogen-bond acceptors (Lipinski definition) is 4. The average molecular weight is 323 g/mol. The molecule has 19 heavy (non-hydrogen) atoms.